The van der Waals surface area contributed by atoms with Crippen LogP contribution in [0.4, 0.5) is 35.6 Å². The number of likely N-dealkylation sites (tertiary alicyclic amines) is 1. The van der Waals surface area contributed by atoms with Gasteiger partial charge in [0, 0.05) is 35.2 Å². The molecule has 0 radical (unpaired) electrons. The van der Waals surface area contributed by atoms with Crippen LogP contribution >= 0.6 is 11.8 Å². The number of nitrogens with zero attached hydrogens (tertiary/aromatic N) is 5. The highest BCUT2D eigenvalue weighted by atomic mass is 32.2. The van der Waals surface area contributed by atoms with Crippen molar-refractivity contribution >= 4 is 52.7 Å². The van der Waals surface area contributed by atoms with E-state index in [1.54, 1.807) is 50.1 Å². The second kappa shape index (κ2) is 14.9. The number of ether oxygens (including phenoxy) is 2. The van der Waals surface area contributed by atoms with Gasteiger partial charge < -0.3 is 19.7 Å². The number of carbonyl (C=O) groups is 3. The summed E-state index contributed by atoms with van der Waals surface area (Å²) >= 11 is 1.25. The van der Waals surface area contributed by atoms with Crippen molar-refractivity contribution in [2.24, 2.45) is 0 Å². The predicted molar refractivity (Wildman–Crippen MR) is 193 cm³/mol. The summed E-state index contributed by atoms with van der Waals surface area (Å²) in [6.45, 7) is 15.4. The molecular weight excluding hydrogens is 679 g/mol. The molecule has 272 valence electrons. The Morgan fingerprint density at radius 1 is 0.961 bits per heavy atom. The summed E-state index contributed by atoms with van der Waals surface area (Å²) in [5.41, 5.74) is 0.288. The quantitative estimate of drug-likeness (QED) is 0.188. The summed E-state index contributed by atoms with van der Waals surface area (Å²) in [4.78, 5) is 47.2. The number of hydrogen-bond acceptors (Lipinski definition) is 8. The van der Waals surface area contributed by atoms with E-state index in [-0.39, 0.29) is 39.4 Å². The molecule has 1 saturated heterocycles. The SMILES string of the molecule is CC(C)c1cnn2c(N(C(=O)OC(C)(C)C)c3cccc(NC(=O)c4ccc(F)cc4)c3)c(F)c(SC3CCN(C(=O)OC(C)(C)C)CC3)nc12. The van der Waals surface area contributed by atoms with Crippen molar-refractivity contribution in [3.63, 3.8) is 0 Å². The van der Waals surface area contributed by atoms with E-state index >= 15 is 4.39 Å². The zero-order valence-corrected chi connectivity index (χ0v) is 30.9. The van der Waals surface area contributed by atoms with Crippen LogP contribution in [0, 0.1) is 11.6 Å². The lowest BCUT2D eigenvalue weighted by Crippen LogP contribution is -2.42. The Labute approximate surface area is 300 Å². The monoisotopic (exact) mass is 722 g/mol. The summed E-state index contributed by atoms with van der Waals surface area (Å²) < 4.78 is 43.2. The molecule has 0 atom stereocenters. The normalized spacial score (nSPS) is 14.1. The van der Waals surface area contributed by atoms with Gasteiger partial charge in [0.1, 0.15) is 22.0 Å². The molecule has 2 aromatic carbocycles. The van der Waals surface area contributed by atoms with E-state index < -0.39 is 34.8 Å². The lowest BCUT2D eigenvalue weighted by Gasteiger charge is -2.33. The van der Waals surface area contributed by atoms with Gasteiger partial charge in [-0.1, -0.05) is 31.7 Å². The number of benzene rings is 2. The van der Waals surface area contributed by atoms with Crippen molar-refractivity contribution in [2.75, 3.05) is 23.3 Å². The van der Waals surface area contributed by atoms with E-state index in [0.29, 0.717) is 37.3 Å². The highest BCUT2D eigenvalue weighted by Gasteiger charge is 2.34. The Balaban J connectivity index is 1.55. The first-order chi connectivity index (χ1) is 23.9. The van der Waals surface area contributed by atoms with Gasteiger partial charge in [-0.15, -0.1) is 0 Å². The van der Waals surface area contributed by atoms with Crippen LogP contribution in [-0.2, 0) is 9.47 Å². The van der Waals surface area contributed by atoms with Crippen LogP contribution in [0.1, 0.15) is 90.1 Å². The van der Waals surface area contributed by atoms with E-state index in [1.165, 1.54) is 46.6 Å². The number of amides is 3. The van der Waals surface area contributed by atoms with Crippen LogP contribution in [0.15, 0.2) is 59.8 Å². The first-order valence-electron chi connectivity index (χ1n) is 16.8. The van der Waals surface area contributed by atoms with Gasteiger partial charge in [0.15, 0.2) is 17.3 Å². The van der Waals surface area contributed by atoms with Gasteiger partial charge >= 0.3 is 12.2 Å². The topological polar surface area (TPSA) is 118 Å². The smallest absolute Gasteiger partial charge is 0.420 e. The molecule has 0 bridgehead atoms. The fourth-order valence-electron chi connectivity index (χ4n) is 5.42. The Morgan fingerprint density at radius 2 is 1.61 bits per heavy atom. The van der Waals surface area contributed by atoms with Crippen molar-refractivity contribution in [3.05, 3.63) is 77.5 Å². The maximum Gasteiger partial charge on any atom is 0.420 e. The molecule has 51 heavy (non-hydrogen) atoms. The first kappa shape index (κ1) is 37.5. The number of thioether (sulfide) groups is 1. The number of anilines is 3. The number of aromatic nitrogens is 3. The second-order valence-electron chi connectivity index (χ2n) is 14.7. The highest BCUT2D eigenvalue weighted by molar-refractivity contribution is 7.99. The molecule has 5 rings (SSSR count). The summed E-state index contributed by atoms with van der Waals surface area (Å²) in [5, 5.41) is 7.25. The Bertz CT molecular complexity index is 1910. The molecule has 1 aliphatic rings. The maximum atomic E-state index is 17.1. The predicted octanol–water partition coefficient (Wildman–Crippen LogP) is 8.95. The molecule has 0 saturated carbocycles. The maximum absolute atomic E-state index is 17.1. The Morgan fingerprint density at radius 3 is 2.22 bits per heavy atom. The molecule has 1 N–H and O–H groups in total. The van der Waals surface area contributed by atoms with Crippen LogP contribution in [0.25, 0.3) is 5.65 Å². The number of nitrogens with one attached hydrogen (secondary N) is 1. The lowest BCUT2D eigenvalue weighted by molar-refractivity contribution is 0.0218. The van der Waals surface area contributed by atoms with Gasteiger partial charge in [-0.05, 0) is 103 Å². The molecule has 3 amide bonds. The van der Waals surface area contributed by atoms with Crippen molar-refractivity contribution in [1.29, 1.82) is 0 Å². The van der Waals surface area contributed by atoms with E-state index in [9.17, 15) is 18.8 Å². The largest absolute Gasteiger partial charge is 0.444 e. The number of carbonyl (C=O) groups excluding carboxylic acids is 3. The van der Waals surface area contributed by atoms with Gasteiger partial charge in [0.05, 0.1) is 11.9 Å². The van der Waals surface area contributed by atoms with E-state index in [2.05, 4.69) is 10.4 Å². The van der Waals surface area contributed by atoms with Crippen molar-refractivity contribution < 1.29 is 32.6 Å². The zero-order valence-electron chi connectivity index (χ0n) is 30.1. The Kier molecular flexibility index (Phi) is 10.9. The van der Waals surface area contributed by atoms with E-state index in [1.807, 2.05) is 34.6 Å². The number of hydrogen-bond donors (Lipinski definition) is 1. The van der Waals surface area contributed by atoms with Crippen molar-refractivity contribution in [2.45, 2.75) is 95.6 Å². The molecule has 0 spiro atoms. The summed E-state index contributed by atoms with van der Waals surface area (Å²) in [6, 6.07) is 11.4. The van der Waals surface area contributed by atoms with Gasteiger partial charge in [-0.2, -0.15) is 14.0 Å². The van der Waals surface area contributed by atoms with Gasteiger partial charge in [-0.25, -0.2) is 23.9 Å². The fourth-order valence-corrected chi connectivity index (χ4v) is 6.52. The number of fused-ring (bicyclic) bond motifs is 1. The molecule has 14 heteroatoms. The van der Waals surface area contributed by atoms with Crippen LogP contribution in [0.2, 0.25) is 0 Å². The van der Waals surface area contributed by atoms with Crippen LogP contribution in [-0.4, -0.2) is 67.1 Å². The summed E-state index contributed by atoms with van der Waals surface area (Å²) in [7, 11) is 0. The average molecular weight is 723 g/mol. The van der Waals surface area contributed by atoms with E-state index in [0.717, 1.165) is 10.5 Å². The zero-order chi connectivity index (χ0) is 37.2. The molecule has 0 aliphatic carbocycles. The molecule has 1 fully saturated rings. The average Bonchev–Trinajstić information content (AvgIpc) is 3.46. The molecule has 11 nitrogen and oxygen atoms in total. The second-order valence-corrected chi connectivity index (χ2v) is 15.9. The van der Waals surface area contributed by atoms with Gasteiger partial charge in [0.2, 0.25) is 0 Å². The number of halogens is 2. The van der Waals surface area contributed by atoms with Crippen LogP contribution in [0.3, 0.4) is 0 Å². The number of piperidine rings is 1. The fraction of sp³-hybridized carbons (Fsp3) is 0.432. The lowest BCUT2D eigenvalue weighted by atomic mass is 10.1. The molecule has 4 aromatic rings. The summed E-state index contributed by atoms with van der Waals surface area (Å²) in [6.07, 6.45) is 1.50. The van der Waals surface area contributed by atoms with Crippen molar-refractivity contribution in [1.82, 2.24) is 19.5 Å². The first-order valence-corrected chi connectivity index (χ1v) is 17.7. The van der Waals surface area contributed by atoms with E-state index in [4.69, 9.17) is 14.5 Å². The standard InChI is InChI=1S/C37H44F2N6O5S/c1-22(2)28-21-40-45-30(28)42-32(51-27-16-18-43(19-17-27)34(47)49-36(3,4)5)29(39)33(45)44(35(48)50-37(6,7)8)26-11-9-10-25(20-26)41-31(46)23-12-14-24(38)15-13-23/h9-15,20-22,27H,16-19H2,1-8H3,(H,41,46). The Hall–Kier alpha value is -4.72. The molecule has 0 unspecified atom stereocenters. The third-order valence-electron chi connectivity index (χ3n) is 7.81. The minimum absolute atomic E-state index is 0.0248. The molecule has 3 heterocycles. The molecular formula is C37H44F2N6O5S. The van der Waals surface area contributed by atoms with Gasteiger partial charge in [0.25, 0.3) is 5.91 Å². The summed E-state index contributed by atoms with van der Waals surface area (Å²) in [5.74, 6) is -2.00. The van der Waals surface area contributed by atoms with Crippen LogP contribution < -0.4 is 10.2 Å². The third-order valence-corrected chi connectivity index (χ3v) is 9.11. The van der Waals surface area contributed by atoms with Crippen LogP contribution in [0.5, 0.6) is 0 Å². The minimum atomic E-state index is -0.945. The number of rotatable bonds is 7. The molecule has 1 aliphatic heterocycles. The third kappa shape index (κ3) is 9.15. The van der Waals surface area contributed by atoms with Gasteiger partial charge in [-0.3, -0.25) is 4.79 Å². The van der Waals surface area contributed by atoms with Crippen molar-refractivity contribution in [3.8, 4) is 0 Å². The molecule has 2 aromatic heterocycles. The minimum Gasteiger partial charge on any atom is -0.444 e. The highest BCUT2D eigenvalue weighted by Crippen LogP contribution is 2.39.